The Hall–Kier alpha value is -4.57. The summed E-state index contributed by atoms with van der Waals surface area (Å²) in [4.78, 5) is 43.8. The monoisotopic (exact) mass is 527 g/mol. The Morgan fingerprint density at radius 3 is 2.76 bits per heavy atom. The lowest BCUT2D eigenvalue weighted by atomic mass is 9.94. The fourth-order valence-corrected chi connectivity index (χ4v) is 6.09. The summed E-state index contributed by atoms with van der Waals surface area (Å²) in [5.74, 6) is -1.41. The summed E-state index contributed by atoms with van der Waals surface area (Å²) in [5, 5.41) is 23.3. The van der Waals surface area contributed by atoms with E-state index in [0.29, 0.717) is 28.8 Å². The number of aryl methyl sites for hydroxylation is 1. The number of amides is 1. The number of carbonyl (C=O) groups is 2. The van der Waals surface area contributed by atoms with E-state index in [1.165, 1.54) is 34.4 Å². The van der Waals surface area contributed by atoms with Crippen molar-refractivity contribution in [3.63, 3.8) is 0 Å². The highest BCUT2D eigenvalue weighted by molar-refractivity contribution is 7.22. The van der Waals surface area contributed by atoms with Crippen LogP contribution >= 0.6 is 11.3 Å². The molecular formula is C28H21N3O6S. The van der Waals surface area contributed by atoms with Crippen molar-refractivity contribution in [2.45, 2.75) is 32.4 Å². The molecule has 1 amide bonds. The van der Waals surface area contributed by atoms with Gasteiger partial charge in [-0.1, -0.05) is 29.5 Å². The Morgan fingerprint density at radius 1 is 1.16 bits per heavy atom. The fraction of sp³-hybridized carbons (Fsp3) is 0.179. The number of non-ortho nitro benzene ring substituents is 1. The quantitative estimate of drug-likeness (QED) is 0.123. The standard InChI is InChI=1S/C28H21N3O6S/c1-14-6-8-20-22(10-14)38-28(29-20)30-24(16-4-3-5-19(13-16)31(35)36)23(26(33)27(30)34)25(32)17-7-9-21-18(12-17)11-15(2)37-21/h3-10,12-13,15,24,32H,11H2,1-2H3/t15-,24-/m0/s1. The zero-order chi connectivity index (χ0) is 26.7. The third-order valence-electron chi connectivity index (χ3n) is 6.75. The number of ketones is 1. The van der Waals surface area contributed by atoms with Crippen molar-refractivity contribution in [1.82, 2.24) is 4.98 Å². The molecule has 2 aliphatic heterocycles. The van der Waals surface area contributed by atoms with E-state index < -0.39 is 22.7 Å². The maximum atomic E-state index is 13.5. The number of hydrogen-bond acceptors (Lipinski definition) is 8. The first-order valence-corrected chi connectivity index (χ1v) is 12.8. The normalized spacial score (nSPS) is 20.1. The van der Waals surface area contributed by atoms with Crippen molar-refractivity contribution < 1.29 is 24.4 Å². The Balaban J connectivity index is 1.56. The van der Waals surface area contributed by atoms with E-state index in [0.717, 1.165) is 15.8 Å². The van der Waals surface area contributed by atoms with Crippen LogP contribution in [0.1, 0.15) is 35.2 Å². The van der Waals surface area contributed by atoms with Gasteiger partial charge in [0, 0.05) is 24.1 Å². The number of aliphatic hydroxyl groups is 1. The molecule has 0 radical (unpaired) electrons. The number of aliphatic hydroxyl groups excluding tert-OH is 1. The van der Waals surface area contributed by atoms with Gasteiger partial charge in [0.25, 0.3) is 11.5 Å². The molecule has 0 saturated carbocycles. The van der Waals surface area contributed by atoms with Crippen LogP contribution in [0.5, 0.6) is 5.75 Å². The second-order valence-corrected chi connectivity index (χ2v) is 10.5. The van der Waals surface area contributed by atoms with Crippen molar-refractivity contribution in [3.05, 3.63) is 98.6 Å². The first kappa shape index (κ1) is 23.8. The van der Waals surface area contributed by atoms with Crippen molar-refractivity contribution in [2.75, 3.05) is 4.90 Å². The number of thiazole rings is 1. The van der Waals surface area contributed by atoms with Gasteiger partial charge in [-0.15, -0.1) is 0 Å². The molecule has 1 fully saturated rings. The molecule has 0 spiro atoms. The summed E-state index contributed by atoms with van der Waals surface area (Å²) in [6.45, 7) is 3.88. The molecule has 0 aliphatic carbocycles. The minimum absolute atomic E-state index is 0.0134. The third-order valence-corrected chi connectivity index (χ3v) is 7.77. The Morgan fingerprint density at radius 2 is 1.97 bits per heavy atom. The zero-order valence-corrected chi connectivity index (χ0v) is 21.2. The lowest BCUT2D eigenvalue weighted by Crippen LogP contribution is -2.29. The van der Waals surface area contributed by atoms with Crippen molar-refractivity contribution in [1.29, 1.82) is 0 Å². The molecule has 3 aromatic carbocycles. The lowest BCUT2D eigenvalue weighted by Gasteiger charge is -2.22. The van der Waals surface area contributed by atoms with Crippen LogP contribution in [0.2, 0.25) is 0 Å². The number of nitro groups is 1. The summed E-state index contributed by atoms with van der Waals surface area (Å²) >= 11 is 1.24. The molecule has 6 rings (SSSR count). The number of hydrogen-bond donors (Lipinski definition) is 1. The highest BCUT2D eigenvalue weighted by Gasteiger charge is 2.48. The van der Waals surface area contributed by atoms with Crippen LogP contribution in [0.4, 0.5) is 10.8 Å². The molecule has 2 aliphatic rings. The molecule has 1 aromatic heterocycles. The van der Waals surface area contributed by atoms with Gasteiger partial charge in [-0.05, 0) is 60.9 Å². The third kappa shape index (κ3) is 3.81. The largest absolute Gasteiger partial charge is 0.507 e. The maximum absolute atomic E-state index is 13.5. The minimum Gasteiger partial charge on any atom is -0.507 e. The van der Waals surface area contributed by atoms with Crippen LogP contribution < -0.4 is 9.64 Å². The smallest absolute Gasteiger partial charge is 0.301 e. The molecule has 3 heterocycles. The maximum Gasteiger partial charge on any atom is 0.301 e. The minimum atomic E-state index is -1.11. The first-order chi connectivity index (χ1) is 18.2. The highest BCUT2D eigenvalue weighted by atomic mass is 32.1. The van der Waals surface area contributed by atoms with E-state index in [1.54, 1.807) is 24.3 Å². The molecule has 9 nitrogen and oxygen atoms in total. The summed E-state index contributed by atoms with van der Waals surface area (Å²) in [6.07, 6.45) is 0.630. The molecule has 2 atom stereocenters. The summed E-state index contributed by atoms with van der Waals surface area (Å²) in [6, 6.07) is 15.4. The SMILES string of the molecule is Cc1ccc2nc(N3C(=O)C(=O)C(=C(O)c4ccc5c(c4)C[C@H](C)O5)[C@@H]3c3cccc([N+](=O)[O-])c3)sc2c1. The average Bonchev–Trinajstić information content (AvgIpc) is 3.55. The number of nitro benzene ring substituents is 1. The van der Waals surface area contributed by atoms with Crippen LogP contribution in [0, 0.1) is 17.0 Å². The Bertz CT molecular complexity index is 1710. The number of nitrogens with zero attached hydrogens (tertiary/aromatic N) is 3. The number of rotatable bonds is 4. The molecular weight excluding hydrogens is 506 g/mol. The summed E-state index contributed by atoms with van der Waals surface area (Å²) in [7, 11) is 0. The molecule has 190 valence electrons. The van der Waals surface area contributed by atoms with Crippen LogP contribution in [0.3, 0.4) is 0 Å². The van der Waals surface area contributed by atoms with Gasteiger partial charge in [0.1, 0.15) is 17.6 Å². The second-order valence-electron chi connectivity index (χ2n) is 9.44. The van der Waals surface area contributed by atoms with Crippen LogP contribution in [-0.4, -0.2) is 32.8 Å². The number of anilines is 1. The average molecular weight is 528 g/mol. The molecule has 0 unspecified atom stereocenters. The van der Waals surface area contributed by atoms with Gasteiger partial charge in [-0.3, -0.25) is 24.6 Å². The van der Waals surface area contributed by atoms with E-state index in [-0.39, 0.29) is 28.3 Å². The molecule has 1 N–H and O–H groups in total. The van der Waals surface area contributed by atoms with Gasteiger partial charge in [-0.25, -0.2) is 4.98 Å². The lowest BCUT2D eigenvalue weighted by molar-refractivity contribution is -0.384. The predicted octanol–water partition coefficient (Wildman–Crippen LogP) is 5.46. The highest BCUT2D eigenvalue weighted by Crippen LogP contribution is 2.45. The van der Waals surface area contributed by atoms with Crippen molar-refractivity contribution in [2.24, 2.45) is 0 Å². The number of carbonyl (C=O) groups excluding carboxylic acids is 2. The van der Waals surface area contributed by atoms with Gasteiger partial charge >= 0.3 is 5.91 Å². The predicted molar refractivity (Wildman–Crippen MR) is 142 cm³/mol. The second kappa shape index (κ2) is 8.77. The molecule has 1 saturated heterocycles. The van der Waals surface area contributed by atoms with E-state index in [1.807, 2.05) is 32.0 Å². The number of ether oxygens (including phenoxy) is 1. The number of Topliss-reactive ketones (excluding diaryl/α,β-unsaturated/α-hetero) is 1. The topological polar surface area (TPSA) is 123 Å². The van der Waals surface area contributed by atoms with Crippen LogP contribution in [-0.2, 0) is 16.0 Å². The Kier molecular flexibility index (Phi) is 5.50. The van der Waals surface area contributed by atoms with Crippen molar-refractivity contribution in [3.8, 4) is 5.75 Å². The number of aromatic nitrogens is 1. The van der Waals surface area contributed by atoms with E-state index in [4.69, 9.17) is 4.74 Å². The van der Waals surface area contributed by atoms with E-state index in [2.05, 4.69) is 4.98 Å². The zero-order valence-electron chi connectivity index (χ0n) is 20.4. The fourth-order valence-electron chi connectivity index (χ4n) is 5.00. The van der Waals surface area contributed by atoms with E-state index in [9.17, 15) is 24.8 Å². The molecule has 0 bridgehead atoms. The number of fused-ring (bicyclic) bond motifs is 2. The summed E-state index contributed by atoms with van der Waals surface area (Å²) < 4.78 is 6.57. The van der Waals surface area contributed by atoms with Gasteiger partial charge in [0.05, 0.1) is 26.8 Å². The molecule has 10 heteroatoms. The molecule has 4 aromatic rings. The first-order valence-electron chi connectivity index (χ1n) is 11.9. The van der Waals surface area contributed by atoms with Gasteiger partial charge in [0.2, 0.25) is 0 Å². The summed E-state index contributed by atoms with van der Waals surface area (Å²) in [5.41, 5.74) is 2.87. The molecule has 38 heavy (non-hydrogen) atoms. The van der Waals surface area contributed by atoms with E-state index >= 15 is 0 Å². The Labute approximate surface area is 220 Å². The van der Waals surface area contributed by atoms with Gasteiger partial charge < -0.3 is 9.84 Å². The van der Waals surface area contributed by atoms with Crippen LogP contribution in [0.25, 0.3) is 16.0 Å². The van der Waals surface area contributed by atoms with Crippen LogP contribution in [0.15, 0.2) is 66.2 Å². The van der Waals surface area contributed by atoms with Crippen molar-refractivity contribution >= 4 is 49.8 Å². The van der Waals surface area contributed by atoms with Gasteiger partial charge in [0.15, 0.2) is 5.13 Å². The number of benzene rings is 3. The van der Waals surface area contributed by atoms with Gasteiger partial charge in [-0.2, -0.15) is 0 Å².